The third kappa shape index (κ3) is 4.05. The molecule has 0 aromatic heterocycles. The van der Waals surface area contributed by atoms with Gasteiger partial charge in [-0.15, -0.1) is 0 Å². The highest BCUT2D eigenvalue weighted by Crippen LogP contribution is 2.26. The summed E-state index contributed by atoms with van der Waals surface area (Å²) in [6, 6.07) is 6.54. The van der Waals surface area contributed by atoms with Crippen molar-refractivity contribution in [2.75, 3.05) is 12.4 Å². The van der Waals surface area contributed by atoms with Gasteiger partial charge in [-0.1, -0.05) is 40.9 Å². The number of hydrogen-bond acceptors (Lipinski definition) is 2. The van der Waals surface area contributed by atoms with Gasteiger partial charge in [-0.25, -0.2) is 0 Å². The highest BCUT2D eigenvalue weighted by Gasteiger charge is 2.08. The van der Waals surface area contributed by atoms with Crippen molar-refractivity contribution in [3.05, 3.63) is 34.8 Å². The molecule has 1 N–H and O–H groups in total. The lowest BCUT2D eigenvalue weighted by Gasteiger charge is -2.19. The van der Waals surface area contributed by atoms with Gasteiger partial charge >= 0.3 is 0 Å². The van der Waals surface area contributed by atoms with E-state index in [1.54, 1.807) is 7.11 Å². The zero-order valence-electron chi connectivity index (χ0n) is 10.8. The van der Waals surface area contributed by atoms with Crippen LogP contribution in [-0.4, -0.2) is 13.2 Å². The summed E-state index contributed by atoms with van der Waals surface area (Å²) in [5.74, 6) is 0.877. The Morgan fingerprint density at radius 1 is 1.22 bits per heavy atom. The summed E-state index contributed by atoms with van der Waals surface area (Å²) in [6.45, 7) is 0. The number of methoxy groups -OCH3 is 1. The van der Waals surface area contributed by atoms with E-state index in [0.717, 1.165) is 15.9 Å². The van der Waals surface area contributed by atoms with E-state index in [4.69, 9.17) is 4.74 Å². The smallest absolute Gasteiger partial charge is 0.122 e. The van der Waals surface area contributed by atoms with Gasteiger partial charge in [0.05, 0.1) is 7.11 Å². The van der Waals surface area contributed by atoms with E-state index in [0.29, 0.717) is 6.04 Å². The van der Waals surface area contributed by atoms with Crippen LogP contribution in [0.5, 0.6) is 5.75 Å². The van der Waals surface area contributed by atoms with Crippen molar-refractivity contribution in [3.8, 4) is 5.75 Å². The van der Waals surface area contributed by atoms with Crippen LogP contribution in [-0.2, 0) is 0 Å². The maximum atomic E-state index is 5.28. The molecule has 98 valence electrons. The summed E-state index contributed by atoms with van der Waals surface area (Å²) in [4.78, 5) is 0. The van der Waals surface area contributed by atoms with Crippen LogP contribution in [0.2, 0.25) is 0 Å². The van der Waals surface area contributed by atoms with Crippen molar-refractivity contribution in [2.24, 2.45) is 0 Å². The number of nitrogens with one attached hydrogen (secondary N) is 1. The molecule has 0 saturated carbocycles. The van der Waals surface area contributed by atoms with Crippen LogP contribution < -0.4 is 10.1 Å². The van der Waals surface area contributed by atoms with Crippen LogP contribution in [0, 0.1) is 0 Å². The lowest BCUT2D eigenvalue weighted by Crippen LogP contribution is -2.17. The Kier molecular flexibility index (Phi) is 5.12. The van der Waals surface area contributed by atoms with Crippen LogP contribution in [0.1, 0.15) is 32.1 Å². The van der Waals surface area contributed by atoms with Gasteiger partial charge in [0, 0.05) is 22.3 Å². The molecule has 2 nitrogen and oxygen atoms in total. The standard InChI is InChI=1S/C15H20BrNO/c1-18-15-10-12(16)9-14(11-15)17-13-7-5-3-2-4-6-8-13/h5,7,9-11,13,17H,2-4,6,8H2,1H3/b7-5+. The zero-order valence-corrected chi connectivity index (χ0v) is 12.4. The third-order valence-electron chi connectivity index (χ3n) is 3.21. The first-order valence-corrected chi connectivity index (χ1v) is 7.35. The average molecular weight is 310 g/mol. The van der Waals surface area contributed by atoms with Gasteiger partial charge in [0.15, 0.2) is 0 Å². The number of hydrogen-bond donors (Lipinski definition) is 1. The quantitative estimate of drug-likeness (QED) is 0.813. The number of anilines is 1. The predicted octanol–water partition coefficient (Wildman–Crippen LogP) is 4.76. The third-order valence-corrected chi connectivity index (χ3v) is 3.67. The topological polar surface area (TPSA) is 21.3 Å². The Hall–Kier alpha value is -0.960. The molecule has 1 aromatic carbocycles. The van der Waals surface area contributed by atoms with Gasteiger partial charge in [0.25, 0.3) is 0 Å². The first-order chi connectivity index (χ1) is 8.78. The van der Waals surface area contributed by atoms with E-state index in [1.807, 2.05) is 12.1 Å². The summed E-state index contributed by atoms with van der Waals surface area (Å²) in [7, 11) is 1.70. The SMILES string of the molecule is COc1cc(Br)cc(NC2/C=C/CCCCC2)c1. The molecular formula is C15H20BrNO. The fraction of sp³-hybridized carbons (Fsp3) is 0.467. The molecular weight excluding hydrogens is 290 g/mol. The minimum absolute atomic E-state index is 0.435. The van der Waals surface area contributed by atoms with Crippen LogP contribution in [0.3, 0.4) is 0 Å². The molecule has 0 bridgehead atoms. The molecule has 18 heavy (non-hydrogen) atoms. The second kappa shape index (κ2) is 6.83. The average Bonchev–Trinajstić information content (AvgIpc) is 2.31. The molecule has 1 atom stereocenters. The van der Waals surface area contributed by atoms with Crippen LogP contribution in [0.4, 0.5) is 5.69 Å². The molecule has 0 aliphatic heterocycles. The van der Waals surface area contributed by atoms with E-state index in [2.05, 4.69) is 39.5 Å². The van der Waals surface area contributed by atoms with E-state index in [9.17, 15) is 0 Å². The van der Waals surface area contributed by atoms with Crippen LogP contribution in [0.15, 0.2) is 34.8 Å². The summed E-state index contributed by atoms with van der Waals surface area (Å²) in [6.07, 6.45) is 11.0. The van der Waals surface area contributed by atoms with E-state index >= 15 is 0 Å². The van der Waals surface area contributed by atoms with Gasteiger partial charge in [0.2, 0.25) is 0 Å². The lowest BCUT2D eigenvalue weighted by atomic mass is 10.0. The highest BCUT2D eigenvalue weighted by atomic mass is 79.9. The lowest BCUT2D eigenvalue weighted by molar-refractivity contribution is 0.414. The van der Waals surface area contributed by atoms with Crippen molar-refractivity contribution in [1.29, 1.82) is 0 Å². The molecule has 0 fully saturated rings. The Morgan fingerprint density at radius 2 is 2.11 bits per heavy atom. The number of halogens is 1. The molecule has 0 heterocycles. The summed E-state index contributed by atoms with van der Waals surface area (Å²) < 4.78 is 6.32. The number of allylic oxidation sites excluding steroid dienone is 1. The molecule has 1 aliphatic rings. The largest absolute Gasteiger partial charge is 0.497 e. The van der Waals surface area contributed by atoms with Crippen molar-refractivity contribution in [2.45, 2.75) is 38.1 Å². The van der Waals surface area contributed by atoms with Gasteiger partial charge in [-0.05, 0) is 31.4 Å². The van der Waals surface area contributed by atoms with Crippen molar-refractivity contribution < 1.29 is 4.74 Å². The maximum Gasteiger partial charge on any atom is 0.122 e. The summed E-state index contributed by atoms with van der Waals surface area (Å²) in [5, 5.41) is 3.57. The van der Waals surface area contributed by atoms with E-state index < -0.39 is 0 Å². The maximum absolute atomic E-state index is 5.28. The molecule has 2 rings (SSSR count). The molecule has 0 saturated heterocycles. The predicted molar refractivity (Wildman–Crippen MR) is 80.3 cm³/mol. The fourth-order valence-corrected chi connectivity index (χ4v) is 2.73. The number of benzene rings is 1. The van der Waals surface area contributed by atoms with Crippen molar-refractivity contribution >= 4 is 21.6 Å². The Labute approximate surface area is 118 Å². The molecule has 3 heteroatoms. The minimum Gasteiger partial charge on any atom is -0.497 e. The first-order valence-electron chi connectivity index (χ1n) is 6.56. The van der Waals surface area contributed by atoms with Crippen molar-refractivity contribution in [3.63, 3.8) is 0 Å². The number of rotatable bonds is 3. The van der Waals surface area contributed by atoms with E-state index in [1.165, 1.54) is 32.1 Å². The highest BCUT2D eigenvalue weighted by molar-refractivity contribution is 9.10. The van der Waals surface area contributed by atoms with Crippen molar-refractivity contribution in [1.82, 2.24) is 0 Å². The molecule has 0 spiro atoms. The zero-order chi connectivity index (χ0) is 12.8. The minimum atomic E-state index is 0.435. The first kappa shape index (κ1) is 13.5. The molecule has 1 aliphatic carbocycles. The number of ether oxygens (including phenoxy) is 1. The second-order valence-corrected chi connectivity index (χ2v) is 5.61. The van der Waals surface area contributed by atoms with Crippen LogP contribution in [0.25, 0.3) is 0 Å². The Bertz CT molecular complexity index is 417. The molecule has 0 radical (unpaired) electrons. The van der Waals surface area contributed by atoms with Gasteiger partial charge in [0.1, 0.15) is 5.75 Å². The summed E-state index contributed by atoms with van der Waals surface area (Å²) >= 11 is 3.51. The van der Waals surface area contributed by atoms with Crippen LogP contribution >= 0.6 is 15.9 Å². The fourth-order valence-electron chi connectivity index (χ4n) is 2.26. The second-order valence-electron chi connectivity index (χ2n) is 4.70. The Morgan fingerprint density at radius 3 is 2.94 bits per heavy atom. The summed E-state index contributed by atoms with van der Waals surface area (Å²) in [5.41, 5.74) is 1.11. The molecule has 1 aromatic rings. The Balaban J connectivity index is 2.07. The molecule has 1 unspecified atom stereocenters. The van der Waals surface area contributed by atoms with E-state index in [-0.39, 0.29) is 0 Å². The molecule has 0 amide bonds. The van der Waals surface area contributed by atoms with Gasteiger partial charge in [-0.3, -0.25) is 0 Å². The monoisotopic (exact) mass is 309 g/mol. The normalized spacial score (nSPS) is 21.8. The van der Waals surface area contributed by atoms with Gasteiger partial charge < -0.3 is 10.1 Å². The van der Waals surface area contributed by atoms with Gasteiger partial charge in [-0.2, -0.15) is 0 Å².